The zero-order valence-corrected chi connectivity index (χ0v) is 20.6. The quantitative estimate of drug-likeness (QED) is 0.583. The van der Waals surface area contributed by atoms with E-state index in [-0.39, 0.29) is 24.1 Å². The van der Waals surface area contributed by atoms with E-state index in [1.165, 1.54) is 18.2 Å². The van der Waals surface area contributed by atoms with Gasteiger partial charge in [0, 0.05) is 37.3 Å². The van der Waals surface area contributed by atoms with Crippen LogP contribution in [-0.2, 0) is 16.0 Å². The monoisotopic (exact) mass is 494 g/mol. The van der Waals surface area contributed by atoms with E-state index >= 15 is 0 Å². The fourth-order valence-electron chi connectivity index (χ4n) is 4.03. The molecule has 2 aromatic rings. The van der Waals surface area contributed by atoms with Gasteiger partial charge in [0.2, 0.25) is 5.91 Å². The number of carbonyl (C=O) groups is 3. The third-order valence-corrected chi connectivity index (χ3v) is 7.23. The van der Waals surface area contributed by atoms with Gasteiger partial charge in [-0.3, -0.25) is 14.4 Å². The first kappa shape index (κ1) is 24.8. The summed E-state index contributed by atoms with van der Waals surface area (Å²) in [7, 11) is 1.63. The van der Waals surface area contributed by atoms with Crippen molar-refractivity contribution in [1.82, 2.24) is 10.2 Å². The number of carbonyl (C=O) groups excluding carboxylic acids is 3. The number of thioether (sulfide) groups is 1. The minimum Gasteiger partial charge on any atom is -0.497 e. The highest BCUT2D eigenvalue weighted by Gasteiger charge is 2.33. The highest BCUT2D eigenvalue weighted by Crippen LogP contribution is 2.29. The average molecular weight is 495 g/mol. The van der Waals surface area contributed by atoms with Crippen LogP contribution in [0.25, 0.3) is 0 Å². The molecule has 3 amide bonds. The highest BCUT2D eigenvalue weighted by atomic mass is 32.2. The molecule has 0 radical (unpaired) electrons. The summed E-state index contributed by atoms with van der Waals surface area (Å²) in [6.45, 7) is 2.34. The summed E-state index contributed by atoms with van der Waals surface area (Å²) in [4.78, 5) is 43.5. The van der Waals surface area contributed by atoms with Gasteiger partial charge in [0.25, 0.3) is 11.8 Å². The zero-order valence-electron chi connectivity index (χ0n) is 19.8. The Bertz CT molecular complexity index is 1080. The van der Waals surface area contributed by atoms with E-state index in [0.717, 1.165) is 42.4 Å². The summed E-state index contributed by atoms with van der Waals surface area (Å²) in [5.41, 5.74) is 2.20. The summed E-state index contributed by atoms with van der Waals surface area (Å²) >= 11 is 1.38. The predicted octanol–water partition coefficient (Wildman–Crippen LogP) is 3.48. The zero-order chi connectivity index (χ0) is 24.6. The molecule has 2 aromatic carbocycles. The molecule has 4 rings (SSSR count). The summed E-state index contributed by atoms with van der Waals surface area (Å²) in [5, 5.41) is 5.98. The van der Waals surface area contributed by atoms with Crippen molar-refractivity contribution in [3.8, 4) is 5.75 Å². The average Bonchev–Trinajstić information content (AvgIpc) is 3.25. The lowest BCUT2D eigenvalue weighted by Crippen LogP contribution is -2.33. The number of benzene rings is 2. The van der Waals surface area contributed by atoms with Gasteiger partial charge in [0.1, 0.15) is 11.0 Å². The number of piperidine rings is 1. The predicted molar refractivity (Wildman–Crippen MR) is 138 cm³/mol. The van der Waals surface area contributed by atoms with Crippen LogP contribution in [0.15, 0.2) is 53.5 Å². The number of amidine groups is 1. The number of rotatable bonds is 8. The van der Waals surface area contributed by atoms with Crippen molar-refractivity contribution in [2.45, 2.75) is 37.4 Å². The molecule has 2 aliphatic rings. The second-order valence-corrected chi connectivity index (χ2v) is 9.74. The first-order valence-electron chi connectivity index (χ1n) is 11.9. The molecular weight excluding hydrogens is 464 g/mol. The fourth-order valence-corrected chi connectivity index (χ4v) is 5.15. The minimum absolute atomic E-state index is 0.0674. The lowest BCUT2D eigenvalue weighted by Gasteiger charge is -2.27. The van der Waals surface area contributed by atoms with Crippen LogP contribution < -0.4 is 15.4 Å². The van der Waals surface area contributed by atoms with Crippen LogP contribution in [0.3, 0.4) is 0 Å². The molecule has 1 fully saturated rings. The van der Waals surface area contributed by atoms with Gasteiger partial charge in [-0.1, -0.05) is 23.9 Å². The van der Waals surface area contributed by atoms with Crippen LogP contribution in [0.4, 0.5) is 5.69 Å². The van der Waals surface area contributed by atoms with Crippen molar-refractivity contribution in [2.24, 2.45) is 4.99 Å². The van der Waals surface area contributed by atoms with Crippen LogP contribution >= 0.6 is 11.8 Å². The van der Waals surface area contributed by atoms with Crippen molar-refractivity contribution >= 4 is 40.3 Å². The number of methoxy groups -OCH3 is 1. The number of nitrogens with zero attached hydrogens (tertiary/aromatic N) is 2. The summed E-state index contributed by atoms with van der Waals surface area (Å²) in [6.07, 6.45) is 4.20. The normalized spacial score (nSPS) is 17.6. The van der Waals surface area contributed by atoms with E-state index in [0.29, 0.717) is 24.2 Å². The maximum atomic E-state index is 12.5. The molecular formula is C26H30N4O4S. The minimum atomic E-state index is -0.484. The van der Waals surface area contributed by atoms with Gasteiger partial charge in [-0.2, -0.15) is 4.99 Å². The molecule has 0 aliphatic carbocycles. The maximum Gasteiger partial charge on any atom is 0.262 e. The second-order valence-electron chi connectivity index (χ2n) is 8.57. The first-order valence-corrected chi connectivity index (χ1v) is 12.7. The molecule has 8 nitrogen and oxygen atoms in total. The van der Waals surface area contributed by atoms with Crippen molar-refractivity contribution < 1.29 is 19.1 Å². The van der Waals surface area contributed by atoms with Gasteiger partial charge in [-0.15, -0.1) is 0 Å². The van der Waals surface area contributed by atoms with Gasteiger partial charge in [0.05, 0.1) is 7.11 Å². The second kappa shape index (κ2) is 11.9. The maximum absolute atomic E-state index is 12.5. The third-order valence-electron chi connectivity index (χ3n) is 6.02. The van der Waals surface area contributed by atoms with Crippen molar-refractivity contribution in [1.29, 1.82) is 0 Å². The van der Waals surface area contributed by atoms with Gasteiger partial charge in [-0.05, 0) is 67.6 Å². The molecule has 0 saturated carbocycles. The SMILES string of the molecule is COc1ccc(CCNC(=O)c2ccc(NC(=O)C[C@@H]3SC(N4CCCCC4)=NC3=O)cc2)cc1. The molecule has 2 aliphatic heterocycles. The Morgan fingerprint density at radius 3 is 2.46 bits per heavy atom. The Morgan fingerprint density at radius 1 is 1.06 bits per heavy atom. The molecule has 2 N–H and O–H groups in total. The van der Waals surface area contributed by atoms with E-state index in [2.05, 4.69) is 20.5 Å². The van der Waals surface area contributed by atoms with Gasteiger partial charge >= 0.3 is 0 Å². The Morgan fingerprint density at radius 2 is 1.77 bits per heavy atom. The van der Waals surface area contributed by atoms with Crippen molar-refractivity contribution in [2.75, 3.05) is 32.1 Å². The summed E-state index contributed by atoms with van der Waals surface area (Å²) < 4.78 is 5.15. The Kier molecular flexibility index (Phi) is 8.41. The number of hydrogen-bond donors (Lipinski definition) is 2. The van der Waals surface area contributed by atoms with Crippen molar-refractivity contribution in [3.05, 3.63) is 59.7 Å². The Hall–Kier alpha value is -3.33. The van der Waals surface area contributed by atoms with Crippen LogP contribution in [0.5, 0.6) is 5.75 Å². The summed E-state index contributed by atoms with van der Waals surface area (Å²) in [5.74, 6) is 0.135. The van der Waals surface area contributed by atoms with Crippen LogP contribution in [-0.4, -0.2) is 59.8 Å². The molecule has 0 bridgehead atoms. The topological polar surface area (TPSA) is 100 Å². The van der Waals surface area contributed by atoms with Crippen LogP contribution in [0.1, 0.15) is 41.6 Å². The molecule has 9 heteroatoms. The number of nitrogens with one attached hydrogen (secondary N) is 2. The fraction of sp³-hybridized carbons (Fsp3) is 0.385. The van der Waals surface area contributed by atoms with E-state index in [1.807, 2.05) is 24.3 Å². The van der Waals surface area contributed by atoms with E-state index in [4.69, 9.17) is 4.74 Å². The van der Waals surface area contributed by atoms with E-state index in [1.54, 1.807) is 31.4 Å². The van der Waals surface area contributed by atoms with Crippen LogP contribution in [0.2, 0.25) is 0 Å². The smallest absolute Gasteiger partial charge is 0.262 e. The number of likely N-dealkylation sites (tertiary alicyclic amines) is 1. The molecule has 1 saturated heterocycles. The first-order chi connectivity index (χ1) is 17.0. The largest absolute Gasteiger partial charge is 0.497 e. The van der Waals surface area contributed by atoms with E-state index in [9.17, 15) is 14.4 Å². The Balaban J connectivity index is 1.20. The Labute approximate surface area is 209 Å². The number of anilines is 1. The van der Waals surface area contributed by atoms with Gasteiger partial charge < -0.3 is 20.3 Å². The highest BCUT2D eigenvalue weighted by molar-refractivity contribution is 8.15. The number of aliphatic imine (C=N–C) groups is 1. The molecule has 0 aromatic heterocycles. The number of amides is 3. The molecule has 184 valence electrons. The molecule has 35 heavy (non-hydrogen) atoms. The standard InChI is InChI=1S/C26H30N4O4S/c1-34-21-11-5-18(6-12-21)13-14-27-24(32)19-7-9-20(10-8-19)28-23(31)17-22-25(33)29-26(35-22)30-15-3-2-4-16-30/h5-12,22H,2-4,13-17H2,1H3,(H,27,32)(H,28,31)/t22-/m0/s1. The van der Waals surface area contributed by atoms with E-state index < -0.39 is 5.25 Å². The molecule has 0 spiro atoms. The van der Waals surface area contributed by atoms with Crippen molar-refractivity contribution in [3.63, 3.8) is 0 Å². The lowest BCUT2D eigenvalue weighted by molar-refractivity contribution is -0.121. The molecule has 2 heterocycles. The number of hydrogen-bond acceptors (Lipinski definition) is 6. The summed E-state index contributed by atoms with van der Waals surface area (Å²) in [6, 6.07) is 14.5. The lowest BCUT2D eigenvalue weighted by atomic mass is 10.1. The third kappa shape index (κ3) is 6.85. The molecule has 1 atom stereocenters. The van der Waals surface area contributed by atoms with Gasteiger partial charge in [0.15, 0.2) is 5.17 Å². The van der Waals surface area contributed by atoms with Crippen LogP contribution in [0, 0.1) is 0 Å². The van der Waals surface area contributed by atoms with Gasteiger partial charge in [-0.25, -0.2) is 0 Å². The number of ether oxygens (including phenoxy) is 1. The molecule has 0 unspecified atom stereocenters.